The lowest BCUT2D eigenvalue weighted by Crippen LogP contribution is -2.34. The number of benzene rings is 1. The van der Waals surface area contributed by atoms with E-state index in [2.05, 4.69) is 9.82 Å². The van der Waals surface area contributed by atoms with E-state index in [1.54, 1.807) is 33.9 Å². The second-order valence-electron chi connectivity index (χ2n) is 5.51. The molecular formula is C15H18ClN3O4S. The molecule has 2 rings (SSSR count). The topological polar surface area (TPSA) is 101 Å². The number of sulfonamides is 1. The molecule has 0 saturated carbocycles. The third-order valence-electron chi connectivity index (χ3n) is 3.83. The number of aryl methyl sites for hydroxylation is 3. The first-order valence-electron chi connectivity index (χ1n) is 7.06. The first-order chi connectivity index (χ1) is 11.0. The van der Waals surface area contributed by atoms with Gasteiger partial charge in [-0.25, -0.2) is 8.42 Å². The highest BCUT2D eigenvalue weighted by atomic mass is 35.5. The van der Waals surface area contributed by atoms with Crippen LogP contribution in [0, 0.1) is 20.8 Å². The molecule has 0 bridgehead atoms. The number of aromatic nitrogens is 2. The van der Waals surface area contributed by atoms with Gasteiger partial charge in [0.1, 0.15) is 6.04 Å². The minimum atomic E-state index is -4.07. The van der Waals surface area contributed by atoms with Gasteiger partial charge in [-0.15, -0.1) is 0 Å². The molecule has 130 valence electrons. The van der Waals surface area contributed by atoms with Crippen LogP contribution < -0.4 is 4.72 Å². The van der Waals surface area contributed by atoms with Crippen molar-refractivity contribution >= 4 is 27.6 Å². The summed E-state index contributed by atoms with van der Waals surface area (Å²) in [6.07, 6.45) is 0. The van der Waals surface area contributed by atoms with Crippen molar-refractivity contribution in [3.8, 4) is 0 Å². The Morgan fingerprint density at radius 2 is 1.96 bits per heavy atom. The molecule has 2 N–H and O–H groups in total. The highest BCUT2D eigenvalue weighted by Gasteiger charge is 2.31. The van der Waals surface area contributed by atoms with Crippen LogP contribution in [-0.4, -0.2) is 29.3 Å². The van der Waals surface area contributed by atoms with Crippen LogP contribution in [0.25, 0.3) is 0 Å². The summed E-state index contributed by atoms with van der Waals surface area (Å²) in [5, 5.41) is 13.9. The molecule has 0 amide bonds. The van der Waals surface area contributed by atoms with Crippen LogP contribution in [0.4, 0.5) is 0 Å². The lowest BCUT2D eigenvalue weighted by atomic mass is 10.1. The Labute approximate surface area is 145 Å². The van der Waals surface area contributed by atoms with Crippen molar-refractivity contribution in [2.45, 2.75) is 31.7 Å². The monoisotopic (exact) mass is 371 g/mol. The summed E-state index contributed by atoms with van der Waals surface area (Å²) in [6, 6.07) is 2.79. The van der Waals surface area contributed by atoms with Crippen molar-refractivity contribution in [1.29, 1.82) is 0 Å². The number of halogens is 1. The van der Waals surface area contributed by atoms with Crippen molar-refractivity contribution in [2.75, 3.05) is 0 Å². The van der Waals surface area contributed by atoms with Crippen molar-refractivity contribution < 1.29 is 18.3 Å². The van der Waals surface area contributed by atoms with E-state index >= 15 is 0 Å². The Kier molecular flexibility index (Phi) is 5.03. The molecule has 2 aromatic rings. The number of nitrogens with zero attached hydrogens (tertiary/aromatic N) is 2. The Balaban J connectivity index is 2.47. The molecule has 0 saturated heterocycles. The lowest BCUT2D eigenvalue weighted by Gasteiger charge is -2.16. The number of carboxylic acid groups (broad SMARTS) is 1. The molecule has 9 heteroatoms. The SMILES string of the molecule is Cc1ccc(S(=O)(=O)NC(C(=O)O)c2c(C)nn(C)c2C)cc1Cl. The number of carbonyl (C=O) groups is 1. The molecule has 0 fully saturated rings. The quantitative estimate of drug-likeness (QED) is 0.838. The van der Waals surface area contributed by atoms with E-state index in [1.165, 1.54) is 16.8 Å². The average Bonchev–Trinajstić information content (AvgIpc) is 2.72. The van der Waals surface area contributed by atoms with Gasteiger partial charge in [0.15, 0.2) is 0 Å². The van der Waals surface area contributed by atoms with E-state index in [-0.39, 0.29) is 4.90 Å². The molecule has 0 spiro atoms. The van der Waals surface area contributed by atoms with Gasteiger partial charge in [-0.1, -0.05) is 17.7 Å². The van der Waals surface area contributed by atoms with E-state index in [4.69, 9.17) is 11.6 Å². The van der Waals surface area contributed by atoms with Crippen LogP contribution in [0.1, 0.15) is 28.6 Å². The molecule has 0 aliphatic rings. The summed E-state index contributed by atoms with van der Waals surface area (Å²) >= 11 is 5.97. The van der Waals surface area contributed by atoms with Gasteiger partial charge in [-0.05, 0) is 38.5 Å². The molecular weight excluding hydrogens is 354 g/mol. The van der Waals surface area contributed by atoms with Crippen molar-refractivity contribution in [3.05, 3.63) is 45.7 Å². The van der Waals surface area contributed by atoms with E-state index in [9.17, 15) is 18.3 Å². The summed E-state index contributed by atoms with van der Waals surface area (Å²) in [4.78, 5) is 11.6. The molecule has 1 heterocycles. The normalized spacial score (nSPS) is 13.0. The van der Waals surface area contributed by atoms with Crippen LogP contribution in [0.5, 0.6) is 0 Å². The van der Waals surface area contributed by atoms with Crippen LogP contribution in [0.15, 0.2) is 23.1 Å². The van der Waals surface area contributed by atoms with E-state index < -0.39 is 22.0 Å². The Morgan fingerprint density at radius 1 is 1.33 bits per heavy atom. The molecule has 1 aromatic carbocycles. The highest BCUT2D eigenvalue weighted by molar-refractivity contribution is 7.89. The van der Waals surface area contributed by atoms with Gasteiger partial charge in [0.25, 0.3) is 0 Å². The van der Waals surface area contributed by atoms with Crippen LogP contribution >= 0.6 is 11.6 Å². The number of rotatable bonds is 5. The molecule has 0 aliphatic heterocycles. The summed E-state index contributed by atoms with van der Waals surface area (Å²) in [6.45, 7) is 5.06. The summed E-state index contributed by atoms with van der Waals surface area (Å²) < 4.78 is 28.8. The minimum Gasteiger partial charge on any atom is -0.480 e. The number of hydrogen-bond acceptors (Lipinski definition) is 4. The first kappa shape index (κ1) is 18.4. The minimum absolute atomic E-state index is 0.0939. The van der Waals surface area contributed by atoms with E-state index in [0.29, 0.717) is 22.0 Å². The van der Waals surface area contributed by atoms with Gasteiger partial charge >= 0.3 is 5.97 Å². The smallest absolute Gasteiger partial charge is 0.326 e. The summed E-state index contributed by atoms with van der Waals surface area (Å²) in [7, 11) is -2.40. The maximum atomic E-state index is 12.6. The largest absolute Gasteiger partial charge is 0.480 e. The third kappa shape index (κ3) is 3.45. The summed E-state index contributed by atoms with van der Waals surface area (Å²) in [5.74, 6) is -1.31. The van der Waals surface area contributed by atoms with E-state index in [0.717, 1.165) is 5.56 Å². The Morgan fingerprint density at radius 3 is 2.42 bits per heavy atom. The molecule has 24 heavy (non-hydrogen) atoms. The molecule has 0 aliphatic carbocycles. The number of hydrogen-bond donors (Lipinski definition) is 2. The first-order valence-corrected chi connectivity index (χ1v) is 8.92. The van der Waals surface area contributed by atoms with Gasteiger partial charge in [0.2, 0.25) is 10.0 Å². The average molecular weight is 372 g/mol. The van der Waals surface area contributed by atoms with Gasteiger partial charge in [-0.3, -0.25) is 9.48 Å². The van der Waals surface area contributed by atoms with Gasteiger partial charge < -0.3 is 5.11 Å². The van der Waals surface area contributed by atoms with Gasteiger partial charge in [-0.2, -0.15) is 9.82 Å². The van der Waals surface area contributed by atoms with Crippen LogP contribution in [0.2, 0.25) is 5.02 Å². The molecule has 1 atom stereocenters. The van der Waals surface area contributed by atoms with Crippen molar-refractivity contribution in [3.63, 3.8) is 0 Å². The van der Waals surface area contributed by atoms with Gasteiger partial charge in [0, 0.05) is 23.3 Å². The number of nitrogens with one attached hydrogen (secondary N) is 1. The van der Waals surface area contributed by atoms with Crippen LogP contribution in [-0.2, 0) is 21.9 Å². The molecule has 1 aromatic heterocycles. The number of carboxylic acids is 1. The molecule has 0 radical (unpaired) electrons. The van der Waals surface area contributed by atoms with Crippen molar-refractivity contribution in [1.82, 2.24) is 14.5 Å². The Bertz CT molecular complexity index is 906. The second kappa shape index (κ2) is 6.54. The van der Waals surface area contributed by atoms with E-state index in [1.807, 2.05) is 0 Å². The fourth-order valence-corrected chi connectivity index (χ4v) is 3.83. The Hall–Kier alpha value is -1.90. The standard InChI is InChI=1S/C15H18ClN3O4S/c1-8-5-6-11(7-12(8)16)24(22,23)18-14(15(20)21)13-9(2)17-19(4)10(13)3/h5-7,14,18H,1-4H3,(H,20,21). The zero-order valence-corrected chi connectivity index (χ0v) is 15.2. The second-order valence-corrected chi connectivity index (χ2v) is 7.63. The fourth-order valence-electron chi connectivity index (χ4n) is 2.40. The zero-order chi connectivity index (χ0) is 18.2. The maximum Gasteiger partial charge on any atom is 0.326 e. The van der Waals surface area contributed by atoms with Gasteiger partial charge in [0.05, 0.1) is 10.6 Å². The predicted octanol–water partition coefficient (Wildman–Crippen LogP) is 2.10. The maximum absolute atomic E-state index is 12.6. The lowest BCUT2D eigenvalue weighted by molar-refractivity contribution is -0.139. The highest BCUT2D eigenvalue weighted by Crippen LogP contribution is 2.25. The fraction of sp³-hybridized carbons (Fsp3) is 0.333. The zero-order valence-electron chi connectivity index (χ0n) is 13.7. The molecule has 7 nitrogen and oxygen atoms in total. The summed E-state index contributed by atoms with van der Waals surface area (Å²) in [5.41, 5.74) is 2.08. The molecule has 1 unspecified atom stereocenters. The third-order valence-corrected chi connectivity index (χ3v) is 5.65. The predicted molar refractivity (Wildman–Crippen MR) is 89.6 cm³/mol. The van der Waals surface area contributed by atoms with Crippen molar-refractivity contribution in [2.24, 2.45) is 7.05 Å². The number of aliphatic carboxylic acids is 1. The van der Waals surface area contributed by atoms with Crippen LogP contribution in [0.3, 0.4) is 0 Å².